The lowest BCUT2D eigenvalue weighted by atomic mass is 9.93. The van der Waals surface area contributed by atoms with Gasteiger partial charge in [0.2, 0.25) is 0 Å². The molecule has 104 valence electrons. The molecule has 3 rings (SSSR count). The second-order valence-electron chi connectivity index (χ2n) is 5.48. The highest BCUT2D eigenvalue weighted by molar-refractivity contribution is 9.10. The van der Waals surface area contributed by atoms with Gasteiger partial charge in [0.25, 0.3) is 0 Å². The lowest BCUT2D eigenvalue weighted by molar-refractivity contribution is 0.0368. The van der Waals surface area contributed by atoms with Crippen LogP contribution in [0.15, 0.2) is 46.9 Å². The fourth-order valence-corrected chi connectivity index (χ4v) is 3.21. The van der Waals surface area contributed by atoms with E-state index < -0.39 is 0 Å². The van der Waals surface area contributed by atoms with Gasteiger partial charge in [-0.2, -0.15) is 0 Å². The predicted molar refractivity (Wildman–Crippen MR) is 86.0 cm³/mol. The summed E-state index contributed by atoms with van der Waals surface area (Å²) in [7, 11) is 0. The number of benzene rings is 2. The molecular formula is C18H19BrO. The number of ether oxygens (including phenoxy) is 1. The molecule has 0 spiro atoms. The SMILES string of the molecule is Cc1ccc(CCC2OCCc3cc(Br)ccc32)cc1. The summed E-state index contributed by atoms with van der Waals surface area (Å²) in [5, 5.41) is 0. The Labute approximate surface area is 129 Å². The zero-order chi connectivity index (χ0) is 13.9. The summed E-state index contributed by atoms with van der Waals surface area (Å²) in [4.78, 5) is 0. The molecule has 2 aromatic rings. The van der Waals surface area contributed by atoms with Gasteiger partial charge in [0.15, 0.2) is 0 Å². The van der Waals surface area contributed by atoms with E-state index in [1.165, 1.54) is 22.3 Å². The van der Waals surface area contributed by atoms with Gasteiger partial charge in [0, 0.05) is 4.47 Å². The molecule has 2 aromatic carbocycles. The first-order valence-corrected chi connectivity index (χ1v) is 7.97. The summed E-state index contributed by atoms with van der Waals surface area (Å²) < 4.78 is 7.14. The van der Waals surface area contributed by atoms with Crippen molar-refractivity contribution in [2.24, 2.45) is 0 Å². The first kappa shape index (κ1) is 13.8. The Kier molecular flexibility index (Phi) is 4.23. The van der Waals surface area contributed by atoms with Gasteiger partial charge in [0.05, 0.1) is 12.7 Å². The number of hydrogen-bond donors (Lipinski definition) is 0. The Morgan fingerprint density at radius 2 is 1.95 bits per heavy atom. The van der Waals surface area contributed by atoms with E-state index in [1.807, 2.05) is 0 Å². The predicted octanol–water partition coefficient (Wildman–Crippen LogP) is 5.00. The van der Waals surface area contributed by atoms with E-state index in [1.54, 1.807) is 0 Å². The van der Waals surface area contributed by atoms with Crippen LogP contribution in [0.4, 0.5) is 0 Å². The standard InChI is InChI=1S/C18H19BrO/c1-13-2-4-14(5-3-13)6-9-18-17-8-7-16(19)12-15(17)10-11-20-18/h2-5,7-8,12,18H,6,9-11H2,1H3. The van der Waals surface area contributed by atoms with Crippen molar-refractivity contribution >= 4 is 15.9 Å². The first-order valence-electron chi connectivity index (χ1n) is 7.18. The van der Waals surface area contributed by atoms with E-state index in [4.69, 9.17) is 4.74 Å². The second kappa shape index (κ2) is 6.11. The van der Waals surface area contributed by atoms with Gasteiger partial charge in [-0.25, -0.2) is 0 Å². The molecule has 1 unspecified atom stereocenters. The van der Waals surface area contributed by atoms with Gasteiger partial charge in [-0.05, 0) is 55.0 Å². The number of halogens is 1. The van der Waals surface area contributed by atoms with Crippen molar-refractivity contribution in [3.8, 4) is 0 Å². The maximum Gasteiger partial charge on any atom is 0.0830 e. The van der Waals surface area contributed by atoms with Crippen LogP contribution in [0.3, 0.4) is 0 Å². The van der Waals surface area contributed by atoms with Crippen molar-refractivity contribution in [3.63, 3.8) is 0 Å². The van der Waals surface area contributed by atoms with Crippen LogP contribution in [0.5, 0.6) is 0 Å². The fourth-order valence-electron chi connectivity index (χ4n) is 2.80. The van der Waals surface area contributed by atoms with Crippen LogP contribution in [-0.2, 0) is 17.6 Å². The van der Waals surface area contributed by atoms with Crippen LogP contribution in [0.2, 0.25) is 0 Å². The molecule has 1 aliphatic rings. The topological polar surface area (TPSA) is 9.23 Å². The van der Waals surface area contributed by atoms with E-state index >= 15 is 0 Å². The zero-order valence-electron chi connectivity index (χ0n) is 11.7. The maximum atomic E-state index is 5.97. The smallest absolute Gasteiger partial charge is 0.0830 e. The minimum atomic E-state index is 0.244. The molecule has 1 nitrogen and oxygen atoms in total. The summed E-state index contributed by atoms with van der Waals surface area (Å²) >= 11 is 3.55. The molecule has 0 saturated carbocycles. The lowest BCUT2D eigenvalue weighted by Gasteiger charge is -2.26. The molecular weight excluding hydrogens is 312 g/mol. The molecule has 1 aliphatic heterocycles. The lowest BCUT2D eigenvalue weighted by Crippen LogP contribution is -2.16. The third-order valence-electron chi connectivity index (χ3n) is 3.96. The highest BCUT2D eigenvalue weighted by Gasteiger charge is 2.20. The molecule has 0 saturated heterocycles. The number of hydrogen-bond acceptors (Lipinski definition) is 1. The van der Waals surface area contributed by atoms with Crippen molar-refractivity contribution in [1.82, 2.24) is 0 Å². The van der Waals surface area contributed by atoms with Gasteiger partial charge in [0.1, 0.15) is 0 Å². The Morgan fingerprint density at radius 1 is 1.15 bits per heavy atom. The quantitative estimate of drug-likeness (QED) is 0.769. The summed E-state index contributed by atoms with van der Waals surface area (Å²) in [6.45, 7) is 2.96. The monoisotopic (exact) mass is 330 g/mol. The zero-order valence-corrected chi connectivity index (χ0v) is 13.3. The summed E-state index contributed by atoms with van der Waals surface area (Å²) in [5.41, 5.74) is 5.51. The summed E-state index contributed by atoms with van der Waals surface area (Å²) in [6.07, 6.45) is 3.39. The average Bonchev–Trinajstić information content (AvgIpc) is 2.46. The fraction of sp³-hybridized carbons (Fsp3) is 0.333. The van der Waals surface area contributed by atoms with Crippen molar-refractivity contribution < 1.29 is 4.74 Å². The second-order valence-corrected chi connectivity index (χ2v) is 6.39. The molecule has 0 bridgehead atoms. The average molecular weight is 331 g/mol. The number of rotatable bonds is 3. The van der Waals surface area contributed by atoms with E-state index in [0.29, 0.717) is 0 Å². The largest absolute Gasteiger partial charge is 0.373 e. The van der Waals surface area contributed by atoms with E-state index in [2.05, 4.69) is 65.3 Å². The van der Waals surface area contributed by atoms with Crippen LogP contribution in [-0.4, -0.2) is 6.61 Å². The summed E-state index contributed by atoms with van der Waals surface area (Å²) in [6, 6.07) is 15.4. The molecule has 1 atom stereocenters. The van der Waals surface area contributed by atoms with Gasteiger partial charge < -0.3 is 4.74 Å². The van der Waals surface area contributed by atoms with Crippen LogP contribution in [0.25, 0.3) is 0 Å². The molecule has 0 radical (unpaired) electrons. The first-order chi connectivity index (χ1) is 9.72. The van der Waals surface area contributed by atoms with E-state index in [0.717, 1.165) is 30.3 Å². The van der Waals surface area contributed by atoms with Gasteiger partial charge in [-0.3, -0.25) is 0 Å². The number of aryl methyl sites for hydroxylation is 2. The Bertz CT molecular complexity index is 589. The van der Waals surface area contributed by atoms with Gasteiger partial charge in [-0.1, -0.05) is 51.8 Å². The van der Waals surface area contributed by atoms with Gasteiger partial charge >= 0.3 is 0 Å². The van der Waals surface area contributed by atoms with Crippen molar-refractivity contribution in [2.45, 2.75) is 32.3 Å². The highest BCUT2D eigenvalue weighted by atomic mass is 79.9. The summed E-state index contributed by atoms with van der Waals surface area (Å²) in [5.74, 6) is 0. The van der Waals surface area contributed by atoms with Gasteiger partial charge in [-0.15, -0.1) is 0 Å². The Morgan fingerprint density at radius 3 is 2.75 bits per heavy atom. The van der Waals surface area contributed by atoms with Crippen molar-refractivity contribution in [3.05, 3.63) is 69.2 Å². The molecule has 0 aromatic heterocycles. The van der Waals surface area contributed by atoms with Crippen LogP contribution in [0.1, 0.15) is 34.8 Å². The molecule has 2 heteroatoms. The van der Waals surface area contributed by atoms with Crippen molar-refractivity contribution in [1.29, 1.82) is 0 Å². The minimum Gasteiger partial charge on any atom is -0.373 e. The molecule has 20 heavy (non-hydrogen) atoms. The maximum absolute atomic E-state index is 5.97. The third kappa shape index (κ3) is 3.13. The highest BCUT2D eigenvalue weighted by Crippen LogP contribution is 2.32. The van der Waals surface area contributed by atoms with Crippen LogP contribution < -0.4 is 0 Å². The minimum absolute atomic E-state index is 0.244. The molecule has 0 aliphatic carbocycles. The van der Waals surface area contributed by atoms with E-state index in [9.17, 15) is 0 Å². The van der Waals surface area contributed by atoms with Crippen molar-refractivity contribution in [2.75, 3.05) is 6.61 Å². The Balaban J connectivity index is 1.71. The Hall–Kier alpha value is -1.12. The molecule has 0 fully saturated rings. The normalized spacial score (nSPS) is 17.8. The van der Waals surface area contributed by atoms with E-state index in [-0.39, 0.29) is 6.10 Å². The third-order valence-corrected chi connectivity index (χ3v) is 4.45. The van der Waals surface area contributed by atoms with Crippen LogP contribution in [0, 0.1) is 6.92 Å². The number of fused-ring (bicyclic) bond motifs is 1. The molecule has 1 heterocycles. The molecule has 0 amide bonds. The molecule has 0 N–H and O–H groups in total. The van der Waals surface area contributed by atoms with Crippen LogP contribution >= 0.6 is 15.9 Å².